The van der Waals surface area contributed by atoms with E-state index in [1.807, 2.05) is 17.5 Å². The van der Waals surface area contributed by atoms with Gasteiger partial charge in [0.2, 0.25) is 5.91 Å². The van der Waals surface area contributed by atoms with Crippen molar-refractivity contribution in [2.24, 2.45) is 0 Å². The van der Waals surface area contributed by atoms with Gasteiger partial charge in [-0.05, 0) is 48.6 Å². The molecule has 0 aliphatic heterocycles. The Hall–Kier alpha value is -2.36. The Morgan fingerprint density at radius 1 is 1.18 bits per heavy atom. The summed E-state index contributed by atoms with van der Waals surface area (Å²) in [5.74, 6) is 0.235. The molecule has 2 aromatic heterocycles. The van der Waals surface area contributed by atoms with E-state index in [0.717, 1.165) is 23.5 Å². The Bertz CT molecular complexity index is 984. The molecule has 1 aliphatic rings. The molecule has 144 valence electrons. The number of hydrogen-bond acceptors (Lipinski definition) is 6. The second-order valence-corrected chi connectivity index (χ2v) is 8.51. The van der Waals surface area contributed by atoms with Gasteiger partial charge in [-0.1, -0.05) is 29.4 Å². The summed E-state index contributed by atoms with van der Waals surface area (Å²) in [7, 11) is 0. The number of nitrogens with zero attached hydrogens (tertiary/aromatic N) is 3. The number of thiophene rings is 1. The number of carbonyl (C=O) groups is 2. The molecule has 2 amide bonds. The maximum Gasteiger partial charge on any atom is 0.269 e. The van der Waals surface area contributed by atoms with Crippen molar-refractivity contribution < 1.29 is 9.59 Å². The molecule has 3 aromatic rings. The second-order valence-electron chi connectivity index (χ2n) is 6.18. The van der Waals surface area contributed by atoms with E-state index in [9.17, 15) is 9.59 Å². The SMILES string of the molecule is O=C(CSc1nnc(-c2cccs2)n1C1CC1)NNC(=O)c1ccc(Cl)cc1. The fourth-order valence-corrected chi connectivity index (χ4v) is 4.21. The summed E-state index contributed by atoms with van der Waals surface area (Å²) in [6.07, 6.45) is 2.18. The fourth-order valence-electron chi connectivity index (χ4n) is 2.58. The lowest BCUT2D eigenvalue weighted by atomic mass is 10.2. The number of thioether (sulfide) groups is 1. The number of carbonyl (C=O) groups excluding carboxylic acids is 2. The molecular formula is C18H16ClN5O2S2. The highest BCUT2D eigenvalue weighted by Crippen LogP contribution is 2.41. The Balaban J connectivity index is 1.34. The van der Waals surface area contributed by atoms with Crippen molar-refractivity contribution in [1.29, 1.82) is 0 Å². The van der Waals surface area contributed by atoms with Crippen LogP contribution in [0.1, 0.15) is 29.2 Å². The third-order valence-electron chi connectivity index (χ3n) is 4.07. The predicted molar refractivity (Wildman–Crippen MR) is 109 cm³/mol. The number of rotatable bonds is 6. The quantitative estimate of drug-likeness (QED) is 0.458. The molecule has 4 rings (SSSR count). The Morgan fingerprint density at radius 2 is 1.96 bits per heavy atom. The minimum absolute atomic E-state index is 0.121. The summed E-state index contributed by atoms with van der Waals surface area (Å²) in [5.41, 5.74) is 5.22. The second kappa shape index (κ2) is 8.34. The van der Waals surface area contributed by atoms with Crippen molar-refractivity contribution in [3.05, 3.63) is 52.4 Å². The molecule has 7 nitrogen and oxygen atoms in total. The molecule has 1 fully saturated rings. The molecule has 1 aliphatic carbocycles. The average Bonchev–Trinajstić information content (AvgIpc) is 3.22. The lowest BCUT2D eigenvalue weighted by Gasteiger charge is -2.09. The van der Waals surface area contributed by atoms with Gasteiger partial charge >= 0.3 is 0 Å². The van der Waals surface area contributed by atoms with Crippen LogP contribution >= 0.6 is 34.7 Å². The van der Waals surface area contributed by atoms with Crippen LogP contribution < -0.4 is 10.9 Å². The number of hydrazine groups is 1. The van der Waals surface area contributed by atoms with Crippen molar-refractivity contribution in [1.82, 2.24) is 25.6 Å². The van der Waals surface area contributed by atoms with Crippen molar-refractivity contribution >= 4 is 46.5 Å². The van der Waals surface area contributed by atoms with E-state index in [-0.39, 0.29) is 11.7 Å². The monoisotopic (exact) mass is 433 g/mol. The molecule has 10 heteroatoms. The van der Waals surface area contributed by atoms with E-state index in [1.165, 1.54) is 11.8 Å². The summed E-state index contributed by atoms with van der Waals surface area (Å²) in [5, 5.41) is 11.8. The van der Waals surface area contributed by atoms with Crippen LogP contribution in [0.15, 0.2) is 46.9 Å². The topological polar surface area (TPSA) is 88.9 Å². The van der Waals surface area contributed by atoms with Gasteiger partial charge in [0.15, 0.2) is 11.0 Å². The molecule has 0 radical (unpaired) electrons. The van der Waals surface area contributed by atoms with Crippen LogP contribution in [-0.4, -0.2) is 32.3 Å². The van der Waals surface area contributed by atoms with E-state index < -0.39 is 5.91 Å². The molecule has 1 aromatic carbocycles. The smallest absolute Gasteiger partial charge is 0.269 e. The molecular weight excluding hydrogens is 418 g/mol. The normalized spacial score (nSPS) is 13.3. The predicted octanol–water partition coefficient (Wildman–Crippen LogP) is 3.55. The van der Waals surface area contributed by atoms with E-state index in [1.54, 1.807) is 35.6 Å². The minimum Gasteiger partial charge on any atom is -0.298 e. The standard InChI is InChI=1S/C18H16ClN5O2S2/c19-12-5-3-11(4-6-12)17(26)22-20-15(25)10-28-18-23-21-16(14-2-1-9-27-14)24(18)13-7-8-13/h1-6,9,13H,7-8,10H2,(H,20,25)(H,22,26). The van der Waals surface area contributed by atoms with Gasteiger partial charge in [0.25, 0.3) is 5.91 Å². The molecule has 0 atom stereocenters. The molecule has 28 heavy (non-hydrogen) atoms. The van der Waals surface area contributed by atoms with Crippen LogP contribution in [0.25, 0.3) is 10.7 Å². The van der Waals surface area contributed by atoms with Crippen LogP contribution in [0.3, 0.4) is 0 Å². The first-order valence-electron chi connectivity index (χ1n) is 8.58. The number of amides is 2. The van der Waals surface area contributed by atoms with Gasteiger partial charge in [0.1, 0.15) is 0 Å². The molecule has 0 saturated heterocycles. The van der Waals surface area contributed by atoms with Gasteiger partial charge in [-0.15, -0.1) is 21.5 Å². The molecule has 0 spiro atoms. The van der Waals surface area contributed by atoms with Gasteiger partial charge in [0, 0.05) is 16.6 Å². The first-order chi connectivity index (χ1) is 13.6. The Labute approximate surface area is 174 Å². The highest BCUT2D eigenvalue weighted by atomic mass is 35.5. The highest BCUT2D eigenvalue weighted by molar-refractivity contribution is 7.99. The summed E-state index contributed by atoms with van der Waals surface area (Å²) in [4.78, 5) is 25.2. The minimum atomic E-state index is -0.406. The molecule has 1 saturated carbocycles. The average molecular weight is 434 g/mol. The Morgan fingerprint density at radius 3 is 2.64 bits per heavy atom. The summed E-state index contributed by atoms with van der Waals surface area (Å²) < 4.78 is 2.11. The number of halogens is 1. The van der Waals surface area contributed by atoms with E-state index >= 15 is 0 Å². The number of nitrogens with one attached hydrogen (secondary N) is 2. The molecule has 0 unspecified atom stereocenters. The lowest BCUT2D eigenvalue weighted by Crippen LogP contribution is -2.42. The van der Waals surface area contributed by atoms with Crippen LogP contribution in [-0.2, 0) is 4.79 Å². The van der Waals surface area contributed by atoms with Gasteiger partial charge in [0.05, 0.1) is 10.6 Å². The zero-order valence-electron chi connectivity index (χ0n) is 14.6. The zero-order chi connectivity index (χ0) is 19.5. The fraction of sp³-hybridized carbons (Fsp3) is 0.222. The zero-order valence-corrected chi connectivity index (χ0v) is 17.0. The third kappa shape index (κ3) is 4.37. The Kier molecular flexibility index (Phi) is 5.65. The van der Waals surface area contributed by atoms with Crippen molar-refractivity contribution in [2.45, 2.75) is 24.0 Å². The van der Waals surface area contributed by atoms with Crippen molar-refractivity contribution in [3.8, 4) is 10.7 Å². The highest BCUT2D eigenvalue weighted by Gasteiger charge is 2.30. The van der Waals surface area contributed by atoms with Gasteiger partial charge in [-0.2, -0.15) is 0 Å². The number of hydrogen-bond donors (Lipinski definition) is 2. The first kappa shape index (κ1) is 19.0. The third-order valence-corrected chi connectivity index (χ3v) is 6.13. The van der Waals surface area contributed by atoms with Crippen molar-refractivity contribution in [2.75, 3.05) is 5.75 Å². The number of aromatic nitrogens is 3. The number of benzene rings is 1. The van der Waals surface area contributed by atoms with Gasteiger partial charge < -0.3 is 0 Å². The summed E-state index contributed by atoms with van der Waals surface area (Å²) in [6.45, 7) is 0. The maximum absolute atomic E-state index is 12.1. The molecule has 2 heterocycles. The lowest BCUT2D eigenvalue weighted by molar-refractivity contribution is -0.119. The molecule has 0 bridgehead atoms. The van der Waals surface area contributed by atoms with E-state index in [2.05, 4.69) is 25.6 Å². The van der Waals surface area contributed by atoms with Crippen LogP contribution in [0.5, 0.6) is 0 Å². The van der Waals surface area contributed by atoms with Crippen LogP contribution in [0.2, 0.25) is 5.02 Å². The largest absolute Gasteiger partial charge is 0.298 e. The summed E-state index contributed by atoms with van der Waals surface area (Å²) in [6, 6.07) is 10.8. The van der Waals surface area contributed by atoms with Gasteiger partial charge in [-0.25, -0.2) is 0 Å². The van der Waals surface area contributed by atoms with Crippen LogP contribution in [0, 0.1) is 0 Å². The maximum atomic E-state index is 12.1. The molecule has 2 N–H and O–H groups in total. The van der Waals surface area contributed by atoms with Crippen molar-refractivity contribution in [3.63, 3.8) is 0 Å². The van der Waals surface area contributed by atoms with Gasteiger partial charge in [-0.3, -0.25) is 25.0 Å². The summed E-state index contributed by atoms with van der Waals surface area (Å²) >= 11 is 8.72. The van der Waals surface area contributed by atoms with E-state index in [0.29, 0.717) is 21.8 Å². The first-order valence-corrected chi connectivity index (χ1v) is 10.8. The van der Waals surface area contributed by atoms with Crippen LogP contribution in [0.4, 0.5) is 0 Å². The van der Waals surface area contributed by atoms with E-state index in [4.69, 9.17) is 11.6 Å².